The lowest BCUT2D eigenvalue weighted by atomic mass is 10.0. The van der Waals surface area contributed by atoms with Gasteiger partial charge in [0.25, 0.3) is 10.0 Å². The number of para-hydroxylation sites is 2. The highest BCUT2D eigenvalue weighted by atomic mass is 32.2. The molecule has 0 fully saturated rings. The van der Waals surface area contributed by atoms with Crippen molar-refractivity contribution in [3.05, 3.63) is 125 Å². The fourth-order valence-electron chi connectivity index (χ4n) is 5.19. The van der Waals surface area contributed by atoms with E-state index in [1.807, 2.05) is 82.3 Å². The van der Waals surface area contributed by atoms with Crippen molar-refractivity contribution in [1.82, 2.24) is 10.2 Å². The van der Waals surface area contributed by atoms with Crippen LogP contribution >= 0.6 is 0 Å². The van der Waals surface area contributed by atoms with Crippen LogP contribution in [0.5, 0.6) is 5.75 Å². The molecule has 0 heterocycles. The zero-order valence-corrected chi connectivity index (χ0v) is 28.0. The summed E-state index contributed by atoms with van der Waals surface area (Å²) >= 11 is 0. The quantitative estimate of drug-likeness (QED) is 0.181. The van der Waals surface area contributed by atoms with E-state index in [0.717, 1.165) is 26.6 Å². The van der Waals surface area contributed by atoms with Gasteiger partial charge in [-0.1, -0.05) is 96.9 Å². The van der Waals surface area contributed by atoms with Gasteiger partial charge in [0, 0.05) is 19.0 Å². The van der Waals surface area contributed by atoms with Crippen molar-refractivity contribution in [3.63, 3.8) is 0 Å². The maximum atomic E-state index is 14.6. The Morgan fingerprint density at radius 3 is 2.13 bits per heavy atom. The lowest BCUT2D eigenvalue weighted by Gasteiger charge is -2.34. The van der Waals surface area contributed by atoms with Crippen LogP contribution in [0.25, 0.3) is 0 Å². The molecule has 0 radical (unpaired) electrons. The number of hydrogen-bond donors (Lipinski definition) is 1. The minimum Gasteiger partial charge on any atom is -0.495 e. The van der Waals surface area contributed by atoms with Crippen LogP contribution in [0.1, 0.15) is 42.5 Å². The predicted octanol–water partition coefficient (Wildman–Crippen LogP) is 6.06. The number of rotatable bonds is 14. The smallest absolute Gasteiger partial charge is 0.264 e. The van der Waals surface area contributed by atoms with E-state index in [1.54, 1.807) is 36.4 Å². The number of anilines is 1. The third kappa shape index (κ3) is 8.54. The molecule has 46 heavy (non-hydrogen) atoms. The van der Waals surface area contributed by atoms with E-state index in [-0.39, 0.29) is 35.5 Å². The summed E-state index contributed by atoms with van der Waals surface area (Å²) in [6, 6.07) is 29.4. The molecule has 1 N–H and O–H groups in total. The molecule has 2 atom stereocenters. The maximum Gasteiger partial charge on any atom is 0.264 e. The summed E-state index contributed by atoms with van der Waals surface area (Å²) in [6.07, 6.45) is 0.964. The van der Waals surface area contributed by atoms with Gasteiger partial charge in [-0.25, -0.2) is 8.42 Å². The topological polar surface area (TPSA) is 96.0 Å². The highest BCUT2D eigenvalue weighted by Gasteiger charge is 2.35. The van der Waals surface area contributed by atoms with E-state index in [4.69, 9.17) is 4.74 Å². The highest BCUT2D eigenvalue weighted by molar-refractivity contribution is 7.92. The first-order valence-electron chi connectivity index (χ1n) is 15.4. The van der Waals surface area contributed by atoms with Gasteiger partial charge in [0.1, 0.15) is 18.3 Å². The Balaban J connectivity index is 1.84. The molecule has 4 aromatic rings. The van der Waals surface area contributed by atoms with Gasteiger partial charge in [0.2, 0.25) is 11.8 Å². The van der Waals surface area contributed by atoms with Gasteiger partial charge < -0.3 is 15.0 Å². The third-order valence-corrected chi connectivity index (χ3v) is 9.72. The van der Waals surface area contributed by atoms with E-state index in [2.05, 4.69) is 5.32 Å². The summed E-state index contributed by atoms with van der Waals surface area (Å²) in [5.74, 6) is -0.528. The number of methoxy groups -OCH3 is 1. The zero-order valence-electron chi connectivity index (χ0n) is 27.1. The molecule has 0 saturated carbocycles. The van der Waals surface area contributed by atoms with Gasteiger partial charge in [0.05, 0.1) is 17.7 Å². The molecule has 2 amide bonds. The zero-order chi connectivity index (χ0) is 33.3. The van der Waals surface area contributed by atoms with Gasteiger partial charge in [-0.3, -0.25) is 13.9 Å². The number of aryl methyl sites for hydroxylation is 2. The molecule has 2 unspecified atom stereocenters. The molecule has 0 bridgehead atoms. The number of carbonyl (C=O) groups is 2. The molecule has 0 aliphatic heterocycles. The van der Waals surface area contributed by atoms with Crippen molar-refractivity contribution >= 4 is 27.5 Å². The molecule has 0 saturated heterocycles. The summed E-state index contributed by atoms with van der Waals surface area (Å²) in [7, 11) is -2.78. The Hall–Kier alpha value is -4.63. The number of benzene rings is 4. The first-order chi connectivity index (χ1) is 22.0. The van der Waals surface area contributed by atoms with E-state index in [0.29, 0.717) is 12.2 Å². The van der Waals surface area contributed by atoms with Crippen LogP contribution in [0.4, 0.5) is 5.69 Å². The summed E-state index contributed by atoms with van der Waals surface area (Å²) in [5, 5.41) is 3.06. The molecule has 4 aromatic carbocycles. The minimum atomic E-state index is -4.23. The van der Waals surface area contributed by atoms with Crippen LogP contribution in [0.15, 0.2) is 108 Å². The van der Waals surface area contributed by atoms with Gasteiger partial charge >= 0.3 is 0 Å². The van der Waals surface area contributed by atoms with Crippen LogP contribution in [0.2, 0.25) is 0 Å². The molecular formula is C37H43N3O5S. The van der Waals surface area contributed by atoms with Crippen LogP contribution in [-0.2, 0) is 32.6 Å². The number of carbonyl (C=O) groups excluding carboxylic acids is 2. The van der Waals surface area contributed by atoms with Crippen LogP contribution in [0, 0.1) is 13.8 Å². The van der Waals surface area contributed by atoms with E-state index in [9.17, 15) is 18.0 Å². The molecule has 242 valence electrons. The van der Waals surface area contributed by atoms with Crippen molar-refractivity contribution in [3.8, 4) is 5.75 Å². The molecule has 4 rings (SSSR count). The van der Waals surface area contributed by atoms with Crippen molar-refractivity contribution in [2.75, 3.05) is 18.0 Å². The van der Waals surface area contributed by atoms with Crippen LogP contribution < -0.4 is 14.4 Å². The Morgan fingerprint density at radius 2 is 1.48 bits per heavy atom. The molecule has 8 nitrogen and oxygen atoms in total. The number of sulfonamides is 1. The molecule has 0 aliphatic carbocycles. The second kappa shape index (κ2) is 15.6. The molecule has 0 aromatic heterocycles. The summed E-state index contributed by atoms with van der Waals surface area (Å²) < 4.78 is 35.2. The molecular weight excluding hydrogens is 598 g/mol. The van der Waals surface area contributed by atoms with Gasteiger partial charge in [-0.2, -0.15) is 0 Å². The van der Waals surface area contributed by atoms with E-state index in [1.165, 1.54) is 24.1 Å². The van der Waals surface area contributed by atoms with E-state index >= 15 is 0 Å². The molecule has 0 aliphatic rings. The van der Waals surface area contributed by atoms with Gasteiger partial charge in [-0.15, -0.1) is 0 Å². The summed E-state index contributed by atoms with van der Waals surface area (Å²) in [5.41, 5.74) is 3.83. The van der Waals surface area contributed by atoms with Crippen LogP contribution in [0.3, 0.4) is 0 Å². The number of nitrogens with one attached hydrogen (secondary N) is 1. The number of nitrogens with zero attached hydrogens (tertiary/aromatic N) is 2. The standard InChI is InChI=1S/C37H43N3O5S/c1-6-29(4)38-37(42)34(24-30-14-8-7-9-15-30)39(25-31-16-12-13-28(3)23-31)36(41)26-40(33-17-10-11-18-35(33)45-5)46(43,44)32-21-19-27(2)20-22-32/h7-23,29,34H,6,24-26H2,1-5H3,(H,38,42). The first-order valence-corrected chi connectivity index (χ1v) is 16.9. The largest absolute Gasteiger partial charge is 0.495 e. The number of hydrogen-bond acceptors (Lipinski definition) is 5. The second-order valence-electron chi connectivity index (χ2n) is 11.5. The SMILES string of the molecule is CCC(C)NC(=O)C(Cc1ccccc1)N(Cc1cccc(C)c1)C(=O)CN(c1ccccc1OC)S(=O)(=O)c1ccc(C)cc1. The lowest BCUT2D eigenvalue weighted by Crippen LogP contribution is -2.54. The van der Waals surface area contributed by atoms with Crippen molar-refractivity contribution in [1.29, 1.82) is 0 Å². The lowest BCUT2D eigenvalue weighted by molar-refractivity contribution is -0.140. The predicted molar refractivity (Wildman–Crippen MR) is 182 cm³/mol. The van der Waals surface area contributed by atoms with Crippen molar-refractivity contribution in [2.24, 2.45) is 0 Å². The highest BCUT2D eigenvalue weighted by Crippen LogP contribution is 2.33. The normalized spacial score (nSPS) is 12.5. The fourth-order valence-corrected chi connectivity index (χ4v) is 6.61. The number of amides is 2. The number of ether oxygens (including phenoxy) is 1. The maximum absolute atomic E-state index is 14.6. The van der Waals surface area contributed by atoms with E-state index < -0.39 is 28.5 Å². The first kappa shape index (κ1) is 34.2. The average molecular weight is 642 g/mol. The summed E-state index contributed by atoms with van der Waals surface area (Å²) in [6.45, 7) is 7.29. The fraction of sp³-hybridized carbons (Fsp3) is 0.297. The van der Waals surface area contributed by atoms with Gasteiger partial charge in [-0.05, 0) is 62.6 Å². The van der Waals surface area contributed by atoms with Crippen LogP contribution in [-0.4, -0.2) is 50.9 Å². The Morgan fingerprint density at radius 1 is 0.826 bits per heavy atom. The Bertz CT molecular complexity index is 1730. The Kier molecular flexibility index (Phi) is 11.6. The monoisotopic (exact) mass is 641 g/mol. The average Bonchev–Trinajstić information content (AvgIpc) is 3.05. The summed E-state index contributed by atoms with van der Waals surface area (Å²) in [4.78, 5) is 30.2. The molecule has 9 heteroatoms. The van der Waals surface area contributed by atoms with Gasteiger partial charge in [0.15, 0.2) is 0 Å². The minimum absolute atomic E-state index is 0.0392. The van der Waals surface area contributed by atoms with Crippen molar-refractivity contribution in [2.45, 2.75) is 64.1 Å². The molecule has 0 spiro atoms. The third-order valence-electron chi connectivity index (χ3n) is 7.95. The Labute approximate surface area is 273 Å². The van der Waals surface area contributed by atoms with Crippen molar-refractivity contribution < 1.29 is 22.7 Å². The second-order valence-corrected chi connectivity index (χ2v) is 13.4.